The number of rotatable bonds is 3. The van der Waals surface area contributed by atoms with Crippen LogP contribution < -0.4 is 0 Å². The van der Waals surface area contributed by atoms with Crippen LogP contribution in [0.2, 0.25) is 0 Å². The van der Waals surface area contributed by atoms with Crippen molar-refractivity contribution in [2.75, 3.05) is 13.2 Å². The van der Waals surface area contributed by atoms with Crippen molar-refractivity contribution in [3.05, 3.63) is 0 Å². The lowest BCUT2D eigenvalue weighted by atomic mass is 9.76. The summed E-state index contributed by atoms with van der Waals surface area (Å²) in [5.41, 5.74) is -0.445. The molecule has 102 valence electrons. The fourth-order valence-corrected chi connectivity index (χ4v) is 3.17. The van der Waals surface area contributed by atoms with Crippen molar-refractivity contribution in [2.24, 2.45) is 10.8 Å². The number of hydrogen-bond acceptors (Lipinski definition) is 3. The Hall–Kier alpha value is -0.900. The van der Waals surface area contributed by atoms with Gasteiger partial charge < -0.3 is 5.11 Å². The molecular weight excluding hydrogens is 230 g/mol. The minimum atomic E-state index is -0.411. The second-order valence-electron chi connectivity index (χ2n) is 6.76. The first-order chi connectivity index (χ1) is 8.37. The molecule has 1 aliphatic heterocycles. The second-order valence-corrected chi connectivity index (χ2v) is 6.76. The molecule has 0 atom stereocenters. The Labute approximate surface area is 108 Å². The fourth-order valence-electron chi connectivity index (χ4n) is 3.17. The van der Waals surface area contributed by atoms with Crippen LogP contribution in [-0.2, 0) is 9.59 Å². The zero-order chi connectivity index (χ0) is 13.4. The quantitative estimate of drug-likeness (QED) is 0.779. The van der Waals surface area contributed by atoms with E-state index in [2.05, 4.69) is 0 Å². The van der Waals surface area contributed by atoms with E-state index < -0.39 is 5.41 Å². The van der Waals surface area contributed by atoms with E-state index in [-0.39, 0.29) is 23.8 Å². The highest BCUT2D eigenvalue weighted by Crippen LogP contribution is 2.47. The van der Waals surface area contributed by atoms with Gasteiger partial charge in [-0.2, -0.15) is 0 Å². The molecule has 2 fully saturated rings. The van der Waals surface area contributed by atoms with Crippen LogP contribution >= 0.6 is 0 Å². The molecule has 1 heterocycles. The molecule has 4 nitrogen and oxygen atoms in total. The number of imide groups is 1. The van der Waals surface area contributed by atoms with E-state index in [1.807, 2.05) is 13.8 Å². The van der Waals surface area contributed by atoms with Gasteiger partial charge in [-0.05, 0) is 18.3 Å². The van der Waals surface area contributed by atoms with Gasteiger partial charge in [-0.15, -0.1) is 0 Å². The maximum absolute atomic E-state index is 12.2. The lowest BCUT2D eigenvalue weighted by Gasteiger charge is -2.39. The summed E-state index contributed by atoms with van der Waals surface area (Å²) in [5.74, 6) is -0.0932. The standard InChI is InChI=1S/C14H23NO3/c1-13(2,10-16)9-15-11(17)7-14(8-12(15)18)5-3-4-6-14/h16H,3-10H2,1-2H3. The summed E-state index contributed by atoms with van der Waals surface area (Å²) in [7, 11) is 0. The zero-order valence-corrected chi connectivity index (χ0v) is 11.4. The highest BCUT2D eigenvalue weighted by Gasteiger charge is 2.45. The molecule has 1 spiro atoms. The van der Waals surface area contributed by atoms with Gasteiger partial charge in [-0.1, -0.05) is 26.7 Å². The van der Waals surface area contributed by atoms with Gasteiger partial charge >= 0.3 is 0 Å². The van der Waals surface area contributed by atoms with Crippen molar-refractivity contribution in [3.8, 4) is 0 Å². The summed E-state index contributed by atoms with van der Waals surface area (Å²) < 4.78 is 0. The van der Waals surface area contributed by atoms with Gasteiger partial charge in [0.25, 0.3) is 0 Å². The van der Waals surface area contributed by atoms with E-state index in [0.717, 1.165) is 25.7 Å². The molecule has 0 radical (unpaired) electrons. The summed E-state index contributed by atoms with van der Waals surface area (Å²) >= 11 is 0. The predicted molar refractivity (Wildman–Crippen MR) is 67.7 cm³/mol. The van der Waals surface area contributed by atoms with Gasteiger partial charge in [-0.3, -0.25) is 14.5 Å². The third-order valence-electron chi connectivity index (χ3n) is 4.33. The predicted octanol–water partition coefficient (Wildman–Crippen LogP) is 1.71. The molecule has 18 heavy (non-hydrogen) atoms. The average molecular weight is 253 g/mol. The van der Waals surface area contributed by atoms with Crippen molar-refractivity contribution >= 4 is 11.8 Å². The maximum atomic E-state index is 12.2. The molecule has 0 unspecified atom stereocenters. The Morgan fingerprint density at radius 3 is 2.11 bits per heavy atom. The second kappa shape index (κ2) is 4.65. The van der Waals surface area contributed by atoms with Crippen LogP contribution in [-0.4, -0.2) is 35.0 Å². The molecule has 0 aromatic rings. The highest BCUT2D eigenvalue weighted by atomic mass is 16.3. The maximum Gasteiger partial charge on any atom is 0.229 e. The molecule has 0 aromatic carbocycles. The number of aliphatic hydroxyl groups excluding tert-OH is 1. The van der Waals surface area contributed by atoms with Gasteiger partial charge in [0, 0.05) is 31.4 Å². The largest absolute Gasteiger partial charge is 0.396 e. The highest BCUT2D eigenvalue weighted by molar-refractivity contribution is 5.98. The molecule has 1 saturated carbocycles. The fraction of sp³-hybridized carbons (Fsp3) is 0.857. The van der Waals surface area contributed by atoms with Crippen LogP contribution in [0.25, 0.3) is 0 Å². The van der Waals surface area contributed by atoms with E-state index in [0.29, 0.717) is 19.4 Å². The van der Waals surface area contributed by atoms with E-state index in [4.69, 9.17) is 0 Å². The Kier molecular flexibility index (Phi) is 3.49. The van der Waals surface area contributed by atoms with E-state index in [1.165, 1.54) is 4.90 Å². The van der Waals surface area contributed by atoms with Gasteiger partial charge in [0.1, 0.15) is 0 Å². The summed E-state index contributed by atoms with van der Waals surface area (Å²) in [6.07, 6.45) is 5.34. The number of nitrogens with zero attached hydrogens (tertiary/aromatic N) is 1. The number of piperidine rings is 1. The average Bonchev–Trinajstić information content (AvgIpc) is 2.72. The van der Waals surface area contributed by atoms with Crippen molar-refractivity contribution in [1.29, 1.82) is 0 Å². The lowest BCUT2D eigenvalue weighted by Crippen LogP contribution is -2.50. The number of aliphatic hydroxyl groups is 1. The lowest BCUT2D eigenvalue weighted by molar-refractivity contribution is -0.155. The minimum absolute atomic E-state index is 0.0186. The molecule has 0 bridgehead atoms. The van der Waals surface area contributed by atoms with Gasteiger partial charge in [0.2, 0.25) is 11.8 Å². The number of hydrogen-bond donors (Lipinski definition) is 1. The Balaban J connectivity index is 2.07. The summed E-state index contributed by atoms with van der Waals surface area (Å²) in [6.45, 7) is 4.05. The van der Waals surface area contributed by atoms with Crippen molar-refractivity contribution < 1.29 is 14.7 Å². The SMILES string of the molecule is CC(C)(CO)CN1C(=O)CC2(CCCC2)CC1=O. The van der Waals surface area contributed by atoms with Crippen molar-refractivity contribution in [3.63, 3.8) is 0 Å². The third-order valence-corrected chi connectivity index (χ3v) is 4.33. The van der Waals surface area contributed by atoms with Gasteiger partial charge in [0.15, 0.2) is 0 Å². The van der Waals surface area contributed by atoms with Crippen LogP contribution in [0.3, 0.4) is 0 Å². The Bertz CT molecular complexity index is 336. The van der Waals surface area contributed by atoms with Gasteiger partial charge in [0.05, 0.1) is 0 Å². The molecule has 1 saturated heterocycles. The molecule has 1 N–H and O–H groups in total. The molecule has 4 heteroatoms. The molecule has 2 rings (SSSR count). The van der Waals surface area contributed by atoms with Crippen LogP contribution in [0.1, 0.15) is 52.4 Å². The normalized spacial score (nSPS) is 24.1. The van der Waals surface area contributed by atoms with Gasteiger partial charge in [-0.25, -0.2) is 0 Å². The van der Waals surface area contributed by atoms with E-state index >= 15 is 0 Å². The van der Waals surface area contributed by atoms with E-state index in [1.54, 1.807) is 0 Å². The van der Waals surface area contributed by atoms with Crippen LogP contribution in [0.5, 0.6) is 0 Å². The van der Waals surface area contributed by atoms with Crippen LogP contribution in [0.15, 0.2) is 0 Å². The number of carbonyl (C=O) groups excluding carboxylic acids is 2. The molecular formula is C14H23NO3. The number of likely N-dealkylation sites (tertiary alicyclic amines) is 1. The minimum Gasteiger partial charge on any atom is -0.396 e. The molecule has 1 aliphatic carbocycles. The zero-order valence-electron chi connectivity index (χ0n) is 11.4. The number of amides is 2. The Morgan fingerprint density at radius 2 is 1.67 bits per heavy atom. The number of carbonyl (C=O) groups is 2. The summed E-state index contributed by atoms with van der Waals surface area (Å²) in [6, 6.07) is 0. The van der Waals surface area contributed by atoms with Crippen LogP contribution in [0.4, 0.5) is 0 Å². The first kappa shape index (κ1) is 13.5. The first-order valence-electron chi connectivity index (χ1n) is 6.82. The summed E-state index contributed by atoms with van der Waals surface area (Å²) in [5, 5.41) is 9.25. The van der Waals surface area contributed by atoms with Crippen LogP contribution in [0, 0.1) is 10.8 Å². The first-order valence-corrected chi connectivity index (χ1v) is 6.82. The topological polar surface area (TPSA) is 57.6 Å². The smallest absolute Gasteiger partial charge is 0.229 e. The molecule has 0 aromatic heterocycles. The third kappa shape index (κ3) is 2.58. The Morgan fingerprint density at radius 1 is 1.17 bits per heavy atom. The molecule has 2 aliphatic rings. The molecule has 2 amide bonds. The summed E-state index contributed by atoms with van der Waals surface area (Å²) in [4.78, 5) is 25.7. The van der Waals surface area contributed by atoms with Crippen molar-refractivity contribution in [2.45, 2.75) is 52.4 Å². The van der Waals surface area contributed by atoms with E-state index in [9.17, 15) is 14.7 Å². The monoisotopic (exact) mass is 253 g/mol. The van der Waals surface area contributed by atoms with Crippen molar-refractivity contribution in [1.82, 2.24) is 4.90 Å².